The van der Waals surface area contributed by atoms with Crippen molar-refractivity contribution in [3.8, 4) is 0 Å². The zero-order valence-electron chi connectivity index (χ0n) is 20.9. The first-order chi connectivity index (χ1) is 16.1. The van der Waals surface area contributed by atoms with Gasteiger partial charge < -0.3 is 24.1 Å². The second-order valence-electron chi connectivity index (χ2n) is 10.5. The summed E-state index contributed by atoms with van der Waals surface area (Å²) in [5.41, 5.74) is -1.93. The molecule has 6 atom stereocenters. The number of ether oxygens (including phenoxy) is 4. The Morgan fingerprint density at radius 1 is 1.06 bits per heavy atom. The fraction of sp³-hybridized carbons (Fsp3) is 0.630. The third-order valence-electron chi connectivity index (χ3n) is 7.49. The Hall–Kier alpha value is -2.38. The fourth-order valence-electron chi connectivity index (χ4n) is 6.27. The molecule has 3 aliphatic rings. The number of hydrogen-bond donors (Lipinski definition) is 1. The number of carbonyl (C=O) groups is 2. The largest absolute Gasteiger partial charge is 0.487 e. The first-order valence-corrected chi connectivity index (χ1v) is 12.2. The lowest BCUT2D eigenvalue weighted by molar-refractivity contribution is -0.193. The second kappa shape index (κ2) is 9.00. The maximum Gasteiger partial charge on any atom is 0.340 e. The van der Waals surface area contributed by atoms with E-state index in [1.165, 1.54) is 7.11 Å². The van der Waals surface area contributed by atoms with Crippen molar-refractivity contribution in [2.24, 2.45) is 17.3 Å². The van der Waals surface area contributed by atoms with Crippen molar-refractivity contribution in [2.45, 2.75) is 83.9 Å². The zero-order chi connectivity index (χ0) is 24.8. The van der Waals surface area contributed by atoms with Crippen molar-refractivity contribution in [3.63, 3.8) is 0 Å². The highest BCUT2D eigenvalue weighted by atomic mass is 16.6. The highest BCUT2D eigenvalue weighted by molar-refractivity contribution is 6.04. The Balaban J connectivity index is 1.87. The number of benzene rings is 1. The molecule has 2 saturated carbocycles. The lowest BCUT2D eigenvalue weighted by Gasteiger charge is -2.42. The minimum atomic E-state index is -1.47. The van der Waals surface area contributed by atoms with Gasteiger partial charge in [-0.1, -0.05) is 30.3 Å². The molecule has 34 heavy (non-hydrogen) atoms. The minimum Gasteiger partial charge on any atom is -0.487 e. The molecular formula is C27H36O7. The Kier molecular flexibility index (Phi) is 6.55. The third kappa shape index (κ3) is 3.64. The summed E-state index contributed by atoms with van der Waals surface area (Å²) >= 11 is 0. The summed E-state index contributed by atoms with van der Waals surface area (Å²) in [5.74, 6) is -0.969. The summed E-state index contributed by atoms with van der Waals surface area (Å²) in [6.45, 7) is 9.21. The third-order valence-corrected chi connectivity index (χ3v) is 7.49. The number of carbonyl (C=O) groups excluding carboxylic acids is 2. The van der Waals surface area contributed by atoms with E-state index in [4.69, 9.17) is 18.9 Å². The van der Waals surface area contributed by atoms with E-state index < -0.39 is 35.1 Å². The van der Waals surface area contributed by atoms with Crippen LogP contribution in [-0.2, 0) is 28.5 Å². The van der Waals surface area contributed by atoms with Gasteiger partial charge in [-0.2, -0.15) is 0 Å². The predicted molar refractivity (Wildman–Crippen MR) is 124 cm³/mol. The van der Waals surface area contributed by atoms with Crippen molar-refractivity contribution in [1.29, 1.82) is 0 Å². The van der Waals surface area contributed by atoms with Gasteiger partial charge >= 0.3 is 5.97 Å². The maximum atomic E-state index is 13.9. The van der Waals surface area contributed by atoms with Gasteiger partial charge in [-0.15, -0.1) is 0 Å². The molecule has 1 aromatic carbocycles. The summed E-state index contributed by atoms with van der Waals surface area (Å²) in [6, 6.07) is 9.09. The summed E-state index contributed by atoms with van der Waals surface area (Å²) in [7, 11) is 1.45. The van der Waals surface area contributed by atoms with Crippen molar-refractivity contribution in [3.05, 3.63) is 47.4 Å². The molecule has 186 valence electrons. The monoisotopic (exact) mass is 472 g/mol. The van der Waals surface area contributed by atoms with Gasteiger partial charge in [0.25, 0.3) is 0 Å². The summed E-state index contributed by atoms with van der Waals surface area (Å²) in [6.07, 6.45) is -0.454. The predicted octanol–water partition coefficient (Wildman–Crippen LogP) is 4.10. The van der Waals surface area contributed by atoms with Gasteiger partial charge in [0.1, 0.15) is 0 Å². The number of fused-ring (bicyclic) bond motifs is 3. The van der Waals surface area contributed by atoms with Gasteiger partial charge in [0.15, 0.2) is 17.5 Å². The van der Waals surface area contributed by atoms with E-state index >= 15 is 0 Å². The van der Waals surface area contributed by atoms with Crippen LogP contribution >= 0.6 is 0 Å². The molecule has 0 bridgehead atoms. The standard InChI is InChI=1S/C27H36O7/c1-15(2)32-22-23(29)26(5)14-18-12-13-19(28)20(18)27(26,24(22)33-16(3)4)34-25(30)21(31-6)17-10-8-7-9-11-17/h7-11,15-16,18-21,28H,12-14H2,1-6H3/t18-,19-,20+,21+,26+,27+/m0/s1. The highest BCUT2D eigenvalue weighted by Crippen LogP contribution is 2.68. The molecule has 0 radical (unpaired) electrons. The molecule has 1 N–H and O–H groups in total. The van der Waals surface area contributed by atoms with Crippen LogP contribution in [0.2, 0.25) is 0 Å². The topological polar surface area (TPSA) is 91.3 Å². The van der Waals surface area contributed by atoms with Crippen LogP contribution in [0.5, 0.6) is 0 Å². The van der Waals surface area contributed by atoms with Crippen LogP contribution < -0.4 is 0 Å². The van der Waals surface area contributed by atoms with Gasteiger partial charge in [0, 0.05) is 13.0 Å². The Bertz CT molecular complexity index is 968. The van der Waals surface area contributed by atoms with E-state index in [1.807, 2.05) is 52.8 Å². The van der Waals surface area contributed by atoms with Gasteiger partial charge in [-0.05, 0) is 65.4 Å². The number of ketones is 1. The number of Topliss-reactive ketones (excluding diaryl/α,β-unsaturated/α-hetero) is 1. The first kappa shape index (κ1) is 24.7. The molecule has 0 spiro atoms. The number of rotatable bonds is 8. The highest BCUT2D eigenvalue weighted by Gasteiger charge is 2.78. The van der Waals surface area contributed by atoms with E-state index in [-0.39, 0.29) is 35.4 Å². The smallest absolute Gasteiger partial charge is 0.340 e. The van der Waals surface area contributed by atoms with E-state index in [9.17, 15) is 14.7 Å². The average Bonchev–Trinajstić information content (AvgIpc) is 3.30. The van der Waals surface area contributed by atoms with Crippen molar-refractivity contribution in [1.82, 2.24) is 0 Å². The van der Waals surface area contributed by atoms with Gasteiger partial charge in [-0.25, -0.2) is 4.79 Å². The first-order valence-electron chi connectivity index (χ1n) is 12.2. The molecule has 0 aromatic heterocycles. The molecule has 2 fully saturated rings. The van der Waals surface area contributed by atoms with Crippen molar-refractivity contribution < 1.29 is 33.6 Å². The molecule has 0 unspecified atom stereocenters. The summed E-state index contributed by atoms with van der Waals surface area (Å²) in [4.78, 5) is 27.6. The van der Waals surface area contributed by atoms with Gasteiger partial charge in [0.2, 0.25) is 11.5 Å². The van der Waals surface area contributed by atoms with Crippen LogP contribution in [0.1, 0.15) is 65.5 Å². The Morgan fingerprint density at radius 2 is 1.71 bits per heavy atom. The van der Waals surface area contributed by atoms with E-state index in [2.05, 4.69) is 0 Å². The van der Waals surface area contributed by atoms with Crippen LogP contribution in [-0.4, -0.2) is 47.9 Å². The number of aliphatic hydroxyl groups is 1. The number of allylic oxidation sites excluding steroid dienone is 1. The van der Waals surface area contributed by atoms with Gasteiger partial charge in [0.05, 0.1) is 23.7 Å². The molecule has 0 heterocycles. The van der Waals surface area contributed by atoms with Crippen LogP contribution in [0.15, 0.2) is 41.9 Å². The Morgan fingerprint density at radius 3 is 2.29 bits per heavy atom. The summed E-state index contributed by atoms with van der Waals surface area (Å²) < 4.78 is 24.2. The van der Waals surface area contributed by atoms with Crippen LogP contribution in [0.4, 0.5) is 0 Å². The van der Waals surface area contributed by atoms with E-state index in [0.717, 1.165) is 6.42 Å². The second-order valence-corrected chi connectivity index (χ2v) is 10.5. The normalized spacial score (nSPS) is 33.3. The number of hydrogen-bond acceptors (Lipinski definition) is 7. The molecule has 4 rings (SSSR count). The van der Waals surface area contributed by atoms with Crippen LogP contribution in [0, 0.1) is 17.3 Å². The summed E-state index contributed by atoms with van der Waals surface area (Å²) in [5, 5.41) is 11.1. The molecule has 3 aliphatic carbocycles. The SMILES string of the molecule is CO[C@@H](C(=O)O[C@]12C(OC(C)C)=C(OC(C)C)C(=O)[C@@]1(C)C[C@@H]1CC[C@H](O)[C@@H]12)c1ccccc1. The molecule has 0 aliphatic heterocycles. The van der Waals surface area contributed by atoms with E-state index in [0.29, 0.717) is 18.4 Å². The maximum absolute atomic E-state index is 13.9. The van der Waals surface area contributed by atoms with Gasteiger partial charge in [-0.3, -0.25) is 4.79 Å². The number of aliphatic hydroxyl groups excluding tert-OH is 1. The molecule has 1 aromatic rings. The molecule has 7 nitrogen and oxygen atoms in total. The lowest BCUT2D eigenvalue weighted by Crippen LogP contribution is -2.55. The number of methoxy groups -OCH3 is 1. The van der Waals surface area contributed by atoms with Crippen LogP contribution in [0.25, 0.3) is 0 Å². The van der Waals surface area contributed by atoms with Crippen LogP contribution in [0.3, 0.4) is 0 Å². The zero-order valence-corrected chi connectivity index (χ0v) is 20.9. The molecular weight excluding hydrogens is 436 g/mol. The van der Waals surface area contributed by atoms with Crippen molar-refractivity contribution >= 4 is 11.8 Å². The quantitative estimate of drug-likeness (QED) is 0.570. The molecule has 0 saturated heterocycles. The Labute approximate surface area is 201 Å². The number of esters is 1. The van der Waals surface area contributed by atoms with E-state index in [1.54, 1.807) is 12.1 Å². The fourth-order valence-corrected chi connectivity index (χ4v) is 6.27. The molecule has 7 heteroatoms. The lowest BCUT2D eigenvalue weighted by atomic mass is 9.72. The average molecular weight is 473 g/mol. The molecule has 0 amide bonds. The minimum absolute atomic E-state index is 0.0285. The van der Waals surface area contributed by atoms with Crippen molar-refractivity contribution in [2.75, 3.05) is 7.11 Å².